The van der Waals surface area contributed by atoms with Crippen molar-refractivity contribution in [3.8, 4) is 11.4 Å². The minimum atomic E-state index is -0.229. The lowest BCUT2D eigenvalue weighted by Crippen LogP contribution is -2.23. The number of nitrogens with zero attached hydrogens (tertiary/aromatic N) is 2. The molecule has 7 nitrogen and oxygen atoms in total. The van der Waals surface area contributed by atoms with Crippen LogP contribution in [-0.4, -0.2) is 32.8 Å². The zero-order valence-electron chi connectivity index (χ0n) is 20.6. The summed E-state index contributed by atoms with van der Waals surface area (Å²) in [4.78, 5) is 34.9. The molecule has 0 atom stereocenters. The van der Waals surface area contributed by atoms with Crippen molar-refractivity contribution < 1.29 is 9.53 Å². The highest BCUT2D eigenvalue weighted by Gasteiger charge is 2.18. The Bertz CT molecular complexity index is 1850. The van der Waals surface area contributed by atoms with Crippen molar-refractivity contribution in [1.29, 1.82) is 0 Å². The number of carbonyl (C=O) groups is 1. The van der Waals surface area contributed by atoms with Crippen molar-refractivity contribution in [3.63, 3.8) is 0 Å². The van der Waals surface area contributed by atoms with Crippen LogP contribution >= 0.6 is 11.8 Å². The highest BCUT2D eigenvalue weighted by atomic mass is 32.2. The first-order valence-corrected chi connectivity index (χ1v) is 13.3. The SMILES string of the molecule is CCOc1ccc(-n2c(SCC(=O)Nc3cccc4ccccc34)nc3c([nH]c4ccccc43)c2=O)cc1. The number of fused-ring (bicyclic) bond motifs is 4. The van der Waals surface area contributed by atoms with Crippen molar-refractivity contribution in [2.75, 3.05) is 17.7 Å². The van der Waals surface area contributed by atoms with E-state index in [0.717, 1.165) is 27.4 Å². The van der Waals surface area contributed by atoms with Gasteiger partial charge in [-0.25, -0.2) is 4.98 Å². The Kier molecular flexibility index (Phi) is 6.31. The van der Waals surface area contributed by atoms with Gasteiger partial charge in [0.25, 0.3) is 5.56 Å². The van der Waals surface area contributed by atoms with Crippen LogP contribution in [0.5, 0.6) is 5.75 Å². The van der Waals surface area contributed by atoms with Crippen molar-refractivity contribution in [2.24, 2.45) is 0 Å². The van der Waals surface area contributed by atoms with Gasteiger partial charge >= 0.3 is 0 Å². The van der Waals surface area contributed by atoms with E-state index >= 15 is 0 Å². The van der Waals surface area contributed by atoms with Gasteiger partial charge in [0.2, 0.25) is 5.91 Å². The molecule has 6 rings (SSSR count). The molecule has 0 radical (unpaired) electrons. The molecule has 0 aliphatic carbocycles. The summed E-state index contributed by atoms with van der Waals surface area (Å²) < 4.78 is 7.11. The second kappa shape index (κ2) is 10.1. The summed E-state index contributed by atoms with van der Waals surface area (Å²) in [7, 11) is 0. The van der Waals surface area contributed by atoms with Crippen LogP contribution in [0.1, 0.15) is 6.92 Å². The van der Waals surface area contributed by atoms with Crippen LogP contribution in [0.25, 0.3) is 38.4 Å². The number of benzene rings is 4. The second-order valence-corrected chi connectivity index (χ2v) is 9.66. The van der Waals surface area contributed by atoms with Crippen molar-refractivity contribution in [2.45, 2.75) is 12.1 Å². The molecule has 0 saturated carbocycles. The molecule has 0 bridgehead atoms. The number of nitrogens with one attached hydrogen (secondary N) is 2. The zero-order chi connectivity index (χ0) is 26.1. The van der Waals surface area contributed by atoms with Gasteiger partial charge in [0.15, 0.2) is 5.16 Å². The Morgan fingerprint density at radius 3 is 2.50 bits per heavy atom. The van der Waals surface area contributed by atoms with E-state index in [1.54, 1.807) is 4.57 Å². The lowest BCUT2D eigenvalue weighted by molar-refractivity contribution is -0.113. The van der Waals surface area contributed by atoms with Gasteiger partial charge in [0.1, 0.15) is 16.8 Å². The fourth-order valence-electron chi connectivity index (χ4n) is 4.58. The van der Waals surface area contributed by atoms with Crippen molar-refractivity contribution in [3.05, 3.63) is 101 Å². The number of anilines is 1. The van der Waals surface area contributed by atoms with Crippen LogP contribution in [0.3, 0.4) is 0 Å². The summed E-state index contributed by atoms with van der Waals surface area (Å²) in [5.74, 6) is 0.617. The maximum absolute atomic E-state index is 13.8. The number of ether oxygens (including phenoxy) is 1. The lowest BCUT2D eigenvalue weighted by atomic mass is 10.1. The topological polar surface area (TPSA) is 89.0 Å². The summed E-state index contributed by atoms with van der Waals surface area (Å²) in [6.07, 6.45) is 0. The normalized spacial score (nSPS) is 11.3. The Hall–Kier alpha value is -4.56. The summed E-state index contributed by atoms with van der Waals surface area (Å²) in [5, 5.41) is 6.33. The predicted octanol–water partition coefficient (Wildman–Crippen LogP) is 6.15. The number of hydrogen-bond acceptors (Lipinski definition) is 5. The maximum Gasteiger partial charge on any atom is 0.283 e. The molecule has 188 valence electrons. The van der Waals surface area contributed by atoms with Gasteiger partial charge in [0.05, 0.1) is 18.0 Å². The first-order valence-electron chi connectivity index (χ1n) is 12.3. The van der Waals surface area contributed by atoms with E-state index in [4.69, 9.17) is 9.72 Å². The zero-order valence-corrected chi connectivity index (χ0v) is 21.4. The molecule has 0 aliphatic heterocycles. The number of amides is 1. The minimum absolute atomic E-state index is 0.0839. The lowest BCUT2D eigenvalue weighted by Gasteiger charge is -2.13. The minimum Gasteiger partial charge on any atom is -0.494 e. The summed E-state index contributed by atoms with van der Waals surface area (Å²) in [6, 6.07) is 28.7. The number of aromatic amines is 1. The molecule has 0 fully saturated rings. The van der Waals surface area contributed by atoms with E-state index in [9.17, 15) is 9.59 Å². The third-order valence-electron chi connectivity index (χ3n) is 6.30. The van der Waals surface area contributed by atoms with E-state index in [1.165, 1.54) is 11.8 Å². The van der Waals surface area contributed by atoms with Crippen LogP contribution in [-0.2, 0) is 4.79 Å². The van der Waals surface area contributed by atoms with Gasteiger partial charge in [-0.3, -0.25) is 14.2 Å². The van der Waals surface area contributed by atoms with E-state index in [0.29, 0.717) is 34.2 Å². The van der Waals surface area contributed by atoms with Gasteiger partial charge in [-0.15, -0.1) is 0 Å². The van der Waals surface area contributed by atoms with Gasteiger partial charge < -0.3 is 15.0 Å². The molecule has 4 aromatic carbocycles. The second-order valence-electron chi connectivity index (χ2n) is 8.72. The predicted molar refractivity (Wildman–Crippen MR) is 154 cm³/mol. The van der Waals surface area contributed by atoms with E-state index in [2.05, 4.69) is 10.3 Å². The molecule has 8 heteroatoms. The summed E-state index contributed by atoms with van der Waals surface area (Å²) in [6.45, 7) is 2.47. The summed E-state index contributed by atoms with van der Waals surface area (Å²) >= 11 is 1.22. The molecule has 2 heterocycles. The van der Waals surface area contributed by atoms with Crippen molar-refractivity contribution >= 4 is 56.1 Å². The number of aromatic nitrogens is 3. The molecule has 2 N–H and O–H groups in total. The average Bonchev–Trinajstić information content (AvgIpc) is 3.32. The van der Waals surface area contributed by atoms with Gasteiger partial charge in [-0.1, -0.05) is 66.4 Å². The monoisotopic (exact) mass is 520 g/mol. The highest BCUT2D eigenvalue weighted by molar-refractivity contribution is 7.99. The number of hydrogen-bond donors (Lipinski definition) is 2. The molecule has 2 aromatic heterocycles. The van der Waals surface area contributed by atoms with Crippen LogP contribution in [0, 0.1) is 0 Å². The molecule has 38 heavy (non-hydrogen) atoms. The standard InChI is InChI=1S/C30H24N4O3S/c1-2-37-21-16-14-20(15-17-21)34-29(36)28-27(23-11-5-6-12-25(23)32-28)33-30(34)38-18-26(35)31-24-13-7-9-19-8-3-4-10-22(19)24/h3-17,32H,2,18H2,1H3,(H,31,35). The van der Waals surface area contributed by atoms with E-state index in [-0.39, 0.29) is 17.2 Å². The first-order chi connectivity index (χ1) is 18.6. The first kappa shape index (κ1) is 23.8. The molecule has 0 saturated heterocycles. The van der Waals surface area contributed by atoms with Crippen LogP contribution in [0.4, 0.5) is 5.69 Å². The molecule has 6 aromatic rings. The molecule has 0 unspecified atom stereocenters. The number of H-pyrrole nitrogens is 1. The van der Waals surface area contributed by atoms with Gasteiger partial charge in [0, 0.05) is 22.0 Å². The fraction of sp³-hybridized carbons (Fsp3) is 0.100. The Balaban J connectivity index is 1.37. The number of rotatable bonds is 7. The Labute approximate surface area is 222 Å². The highest BCUT2D eigenvalue weighted by Crippen LogP contribution is 2.28. The molecular weight excluding hydrogens is 496 g/mol. The van der Waals surface area contributed by atoms with Crippen LogP contribution in [0.2, 0.25) is 0 Å². The third-order valence-corrected chi connectivity index (χ3v) is 7.23. The van der Waals surface area contributed by atoms with Gasteiger partial charge in [-0.2, -0.15) is 0 Å². The smallest absolute Gasteiger partial charge is 0.283 e. The maximum atomic E-state index is 13.8. The Morgan fingerprint density at radius 1 is 0.947 bits per heavy atom. The largest absolute Gasteiger partial charge is 0.494 e. The average molecular weight is 521 g/mol. The van der Waals surface area contributed by atoms with Crippen LogP contribution in [0.15, 0.2) is 101 Å². The molecular formula is C30H24N4O3S. The number of para-hydroxylation sites is 1. The quantitative estimate of drug-likeness (QED) is 0.195. The van der Waals surface area contributed by atoms with Crippen molar-refractivity contribution in [1.82, 2.24) is 14.5 Å². The van der Waals surface area contributed by atoms with Crippen LogP contribution < -0.4 is 15.6 Å². The molecule has 0 aliphatic rings. The molecule has 0 spiro atoms. The molecule has 1 amide bonds. The fourth-order valence-corrected chi connectivity index (χ4v) is 5.38. The van der Waals surface area contributed by atoms with E-state index < -0.39 is 0 Å². The number of carbonyl (C=O) groups excluding carboxylic acids is 1. The van der Waals surface area contributed by atoms with E-state index in [1.807, 2.05) is 97.9 Å². The summed E-state index contributed by atoms with van der Waals surface area (Å²) in [5.41, 5.74) is 3.00. The third kappa shape index (κ3) is 4.39. The number of thioether (sulfide) groups is 1. The van der Waals surface area contributed by atoms with Gasteiger partial charge in [-0.05, 0) is 48.7 Å². The Morgan fingerprint density at radius 2 is 1.68 bits per heavy atom.